The van der Waals surface area contributed by atoms with Crippen molar-refractivity contribution in [2.24, 2.45) is 0 Å². The van der Waals surface area contributed by atoms with Crippen LogP contribution in [0.4, 0.5) is 87.8 Å². The Morgan fingerprint density at radius 2 is 0.650 bits per heavy atom. The molecular weight excluding hydrogens is 851 g/mol. The van der Waals surface area contributed by atoms with E-state index in [1.807, 2.05) is 0 Å². The Morgan fingerprint density at radius 3 is 0.875 bits per heavy atom. The number of rotatable bonds is 17. The molecule has 0 nitrogen and oxygen atoms in total. The summed E-state index contributed by atoms with van der Waals surface area (Å²) in [6, 6.07) is 0. The Bertz CT molecular complexity index is 710. The Hall–Kier alpha value is 0.179. The van der Waals surface area contributed by atoms with E-state index in [0.29, 0.717) is 0 Å². The molecular formula is C18H18F20Te2. The third kappa shape index (κ3) is 10.4. The SMILES string of the molecule is FC(CCCCC(F)(F)F)C(F)(F)C(F)(F)C(F)(F)[Te][Te]C(F)(F)C(F)(F)C(F)(F)C(F)CCCCC(F)(F)F. The topological polar surface area (TPSA) is 0 Å². The second-order valence-corrected chi connectivity index (χ2v) is 18.5. The molecule has 40 heavy (non-hydrogen) atoms. The van der Waals surface area contributed by atoms with E-state index >= 15 is 0 Å². The second-order valence-electron chi connectivity index (χ2n) is 8.25. The van der Waals surface area contributed by atoms with Crippen molar-refractivity contribution in [2.45, 2.75) is 108 Å². The van der Waals surface area contributed by atoms with Gasteiger partial charge < -0.3 is 0 Å². The maximum absolute atomic E-state index is 13.9. The predicted octanol–water partition coefficient (Wildman–Crippen LogP) is 8.96. The molecule has 2 unspecified atom stereocenters. The van der Waals surface area contributed by atoms with E-state index in [4.69, 9.17) is 0 Å². The van der Waals surface area contributed by atoms with E-state index in [1.54, 1.807) is 0 Å². The summed E-state index contributed by atoms with van der Waals surface area (Å²) in [5.41, 5.74) is 0. The Balaban J connectivity index is 5.50. The Morgan fingerprint density at radius 1 is 0.400 bits per heavy atom. The molecule has 0 aliphatic carbocycles. The number of unbranched alkanes of at least 4 members (excludes halogenated alkanes) is 2. The van der Waals surface area contributed by atoms with Crippen LogP contribution in [0.5, 0.6) is 0 Å². The van der Waals surface area contributed by atoms with Crippen LogP contribution in [0.1, 0.15) is 51.4 Å². The van der Waals surface area contributed by atoms with Crippen LogP contribution in [0.25, 0.3) is 0 Å². The van der Waals surface area contributed by atoms with Crippen LogP contribution in [0, 0.1) is 0 Å². The molecule has 0 saturated heterocycles. The molecule has 0 aliphatic heterocycles. The minimum absolute atomic E-state index is 1.09. The molecule has 0 spiro atoms. The zero-order valence-corrected chi connectivity index (χ0v) is 23.8. The monoisotopic (exact) mass is 874 g/mol. The zero-order valence-electron chi connectivity index (χ0n) is 19.2. The van der Waals surface area contributed by atoms with Gasteiger partial charge in [0, 0.05) is 0 Å². The van der Waals surface area contributed by atoms with E-state index in [2.05, 4.69) is 0 Å². The molecule has 0 aromatic rings. The first-order valence-corrected chi connectivity index (χ1v) is 20.2. The fraction of sp³-hybridized carbons (Fsp3) is 1.00. The zero-order chi connectivity index (χ0) is 32.2. The van der Waals surface area contributed by atoms with Gasteiger partial charge >= 0.3 is 230 Å². The van der Waals surface area contributed by atoms with Gasteiger partial charge in [0.1, 0.15) is 0 Å². The standard InChI is InChI=1S/C18H18F20Te2/c19-9(5-1-3-7-11(21,22)23)13(27,28)15(31,32)17(35,36)39-40-18(37,38)16(33,34)14(29,30)10(20)6-2-4-8-12(24,25)26/h9-10H,1-8H2. The summed E-state index contributed by atoms with van der Waals surface area (Å²) in [6.45, 7) is 0. The van der Waals surface area contributed by atoms with Gasteiger partial charge in [-0.25, -0.2) is 0 Å². The van der Waals surface area contributed by atoms with E-state index in [1.165, 1.54) is 0 Å². The minimum atomic E-state index is -6.86. The molecule has 0 aromatic heterocycles. The van der Waals surface area contributed by atoms with Gasteiger partial charge in [0.25, 0.3) is 0 Å². The third-order valence-electron chi connectivity index (χ3n) is 4.94. The maximum atomic E-state index is 13.9. The summed E-state index contributed by atoms with van der Waals surface area (Å²) < 4.78 is 252. The van der Waals surface area contributed by atoms with Crippen LogP contribution in [0.2, 0.25) is 0 Å². The summed E-state index contributed by atoms with van der Waals surface area (Å²) in [4.78, 5) is 0. The molecule has 0 saturated carbocycles. The molecule has 22 heteroatoms. The molecule has 0 fully saturated rings. The van der Waals surface area contributed by atoms with Crippen molar-refractivity contribution in [2.75, 3.05) is 0 Å². The molecule has 0 aromatic carbocycles. The van der Waals surface area contributed by atoms with E-state index in [9.17, 15) is 87.8 Å². The van der Waals surface area contributed by atoms with Crippen LogP contribution in [0.15, 0.2) is 0 Å². The quantitative estimate of drug-likeness (QED) is 0.0779. The molecule has 0 amide bonds. The van der Waals surface area contributed by atoms with Gasteiger partial charge in [-0.1, -0.05) is 0 Å². The van der Waals surface area contributed by atoms with Crippen molar-refractivity contribution in [3.05, 3.63) is 0 Å². The van der Waals surface area contributed by atoms with E-state index < -0.39 is 142 Å². The normalized spacial score (nSPS) is 16.8. The Labute approximate surface area is 229 Å². The fourth-order valence-corrected chi connectivity index (χ4v) is 12.6. The van der Waals surface area contributed by atoms with Gasteiger partial charge in [0.15, 0.2) is 0 Å². The first kappa shape index (κ1) is 40.2. The van der Waals surface area contributed by atoms with Crippen molar-refractivity contribution in [1.29, 1.82) is 0 Å². The molecule has 242 valence electrons. The predicted molar refractivity (Wildman–Crippen MR) is 100 cm³/mol. The van der Waals surface area contributed by atoms with Crippen LogP contribution >= 0.6 is 0 Å². The van der Waals surface area contributed by atoms with Gasteiger partial charge in [0.05, 0.1) is 0 Å². The summed E-state index contributed by atoms with van der Waals surface area (Å²) in [5, 5.41) is 0. The van der Waals surface area contributed by atoms with Crippen LogP contribution in [0.3, 0.4) is 0 Å². The first-order valence-electron chi connectivity index (χ1n) is 10.5. The number of hydrogen-bond donors (Lipinski definition) is 0. The van der Waals surface area contributed by atoms with Crippen molar-refractivity contribution in [1.82, 2.24) is 0 Å². The van der Waals surface area contributed by atoms with Crippen LogP contribution in [-0.4, -0.2) is 90.4 Å². The molecule has 0 rings (SSSR count). The van der Waals surface area contributed by atoms with E-state index in [0.717, 1.165) is 0 Å². The fourth-order valence-electron chi connectivity index (χ4n) is 2.65. The molecule has 0 radical (unpaired) electrons. The third-order valence-corrected chi connectivity index (χ3v) is 17.4. The summed E-state index contributed by atoms with van der Waals surface area (Å²) in [7, 11) is 0. The van der Waals surface area contributed by atoms with Crippen molar-refractivity contribution < 1.29 is 87.8 Å². The summed E-state index contributed by atoms with van der Waals surface area (Å²) in [6.07, 6.45) is -29.7. The van der Waals surface area contributed by atoms with Gasteiger partial charge in [-0.2, -0.15) is 0 Å². The Kier molecular flexibility index (Phi) is 13.9. The van der Waals surface area contributed by atoms with Gasteiger partial charge in [-0.15, -0.1) is 0 Å². The average molecular weight is 870 g/mol. The van der Waals surface area contributed by atoms with Crippen molar-refractivity contribution in [3.8, 4) is 0 Å². The molecule has 0 heterocycles. The van der Waals surface area contributed by atoms with Gasteiger partial charge in [0.2, 0.25) is 0 Å². The van der Waals surface area contributed by atoms with Gasteiger partial charge in [-0.05, 0) is 0 Å². The molecule has 0 N–H and O–H groups in total. The number of halogens is 20. The second kappa shape index (κ2) is 13.9. The number of hydrogen-bond acceptors (Lipinski definition) is 0. The number of alkyl halides is 20. The average Bonchev–Trinajstić information content (AvgIpc) is 2.76. The van der Waals surface area contributed by atoms with Crippen molar-refractivity contribution in [3.63, 3.8) is 0 Å². The van der Waals surface area contributed by atoms with Crippen LogP contribution < -0.4 is 0 Å². The van der Waals surface area contributed by atoms with Gasteiger partial charge in [-0.3, -0.25) is 0 Å². The summed E-state index contributed by atoms with van der Waals surface area (Å²) in [5.74, 6) is -26.5. The van der Waals surface area contributed by atoms with Crippen molar-refractivity contribution >= 4 is 34.1 Å². The first-order chi connectivity index (χ1) is 17.5. The summed E-state index contributed by atoms with van der Waals surface area (Å²) >= 11 is -9.56. The molecule has 0 bridgehead atoms. The van der Waals surface area contributed by atoms with Crippen LogP contribution in [-0.2, 0) is 0 Å². The molecule has 0 aliphatic rings. The van der Waals surface area contributed by atoms with E-state index in [-0.39, 0.29) is 0 Å². The molecule has 2 atom stereocenters.